The molecule has 0 spiro atoms. The molecular weight excluding hydrogens is 250 g/mol. The molecule has 1 aromatic carbocycles. The van der Waals surface area contributed by atoms with Crippen molar-refractivity contribution in [3.63, 3.8) is 0 Å². The largest absolute Gasteiger partial charge is 0.388 e. The highest BCUT2D eigenvalue weighted by molar-refractivity contribution is 5.17. The van der Waals surface area contributed by atoms with E-state index >= 15 is 0 Å². The zero-order valence-corrected chi connectivity index (χ0v) is 12.7. The first kappa shape index (κ1) is 15.5. The van der Waals surface area contributed by atoms with Gasteiger partial charge in [-0.05, 0) is 37.7 Å². The average molecular weight is 277 g/mol. The first-order chi connectivity index (χ1) is 9.72. The molecule has 0 aliphatic heterocycles. The average Bonchev–Trinajstić information content (AvgIpc) is 3.32. The van der Waals surface area contributed by atoms with E-state index in [9.17, 15) is 5.11 Å². The van der Waals surface area contributed by atoms with Crippen LogP contribution in [0.4, 0.5) is 0 Å². The Morgan fingerprint density at radius 1 is 1.25 bits per heavy atom. The predicted octanol–water partition coefficient (Wildman–Crippen LogP) is 2.86. The normalized spacial score (nSPS) is 18.2. The molecule has 1 aromatic rings. The van der Waals surface area contributed by atoms with Crippen molar-refractivity contribution in [1.29, 1.82) is 0 Å². The van der Waals surface area contributed by atoms with Crippen molar-refractivity contribution in [2.45, 2.75) is 38.3 Å². The van der Waals surface area contributed by atoms with Crippen LogP contribution in [0.2, 0.25) is 0 Å². The van der Waals surface area contributed by atoms with Gasteiger partial charge in [0.15, 0.2) is 0 Å². The summed E-state index contributed by atoms with van der Waals surface area (Å²) in [6.45, 7) is 4.95. The number of nitrogens with zero attached hydrogens (tertiary/aromatic N) is 1. The summed E-state index contributed by atoms with van der Waals surface area (Å²) in [6.07, 6.45) is 3.12. The molecule has 0 aromatic heterocycles. The molecule has 1 N–H and O–H groups in total. The first-order valence-electron chi connectivity index (χ1n) is 7.68. The summed E-state index contributed by atoms with van der Waals surface area (Å²) in [7, 11) is 1.75. The van der Waals surface area contributed by atoms with Gasteiger partial charge in [0.1, 0.15) is 0 Å². The van der Waals surface area contributed by atoms with Gasteiger partial charge in [0.25, 0.3) is 0 Å². The second kappa shape index (κ2) is 7.77. The molecule has 2 unspecified atom stereocenters. The van der Waals surface area contributed by atoms with Gasteiger partial charge < -0.3 is 9.84 Å². The van der Waals surface area contributed by atoms with E-state index in [2.05, 4.69) is 11.8 Å². The molecule has 0 saturated heterocycles. The summed E-state index contributed by atoms with van der Waals surface area (Å²) >= 11 is 0. The molecule has 0 bridgehead atoms. The molecule has 0 heterocycles. The van der Waals surface area contributed by atoms with Gasteiger partial charge in [0.2, 0.25) is 0 Å². The monoisotopic (exact) mass is 277 g/mol. The topological polar surface area (TPSA) is 32.7 Å². The number of hydrogen-bond acceptors (Lipinski definition) is 3. The van der Waals surface area contributed by atoms with Gasteiger partial charge in [-0.2, -0.15) is 0 Å². The van der Waals surface area contributed by atoms with E-state index in [0.717, 1.165) is 37.6 Å². The lowest BCUT2D eigenvalue weighted by Crippen LogP contribution is -2.38. The van der Waals surface area contributed by atoms with Crippen LogP contribution in [0.1, 0.15) is 37.9 Å². The van der Waals surface area contributed by atoms with Crippen LogP contribution in [-0.2, 0) is 4.74 Å². The van der Waals surface area contributed by atoms with Gasteiger partial charge in [-0.1, -0.05) is 30.3 Å². The Bertz CT molecular complexity index is 378. The van der Waals surface area contributed by atoms with Gasteiger partial charge in [0, 0.05) is 26.2 Å². The first-order valence-corrected chi connectivity index (χ1v) is 7.68. The van der Waals surface area contributed by atoms with Crippen LogP contribution < -0.4 is 0 Å². The number of aliphatic hydroxyl groups excluding tert-OH is 1. The highest BCUT2D eigenvalue weighted by Gasteiger charge is 2.31. The van der Waals surface area contributed by atoms with Crippen molar-refractivity contribution in [2.75, 3.05) is 26.8 Å². The Balaban J connectivity index is 1.84. The fourth-order valence-electron chi connectivity index (χ4n) is 2.73. The summed E-state index contributed by atoms with van der Waals surface area (Å²) in [5.74, 6) is 0.848. The Morgan fingerprint density at radius 3 is 2.55 bits per heavy atom. The van der Waals surface area contributed by atoms with Crippen LogP contribution in [0.3, 0.4) is 0 Å². The van der Waals surface area contributed by atoms with Crippen LogP contribution in [0.5, 0.6) is 0 Å². The Morgan fingerprint density at radius 2 is 1.95 bits per heavy atom. The van der Waals surface area contributed by atoms with Gasteiger partial charge in [-0.15, -0.1) is 0 Å². The van der Waals surface area contributed by atoms with E-state index in [1.807, 2.05) is 30.3 Å². The number of rotatable bonds is 9. The van der Waals surface area contributed by atoms with E-state index in [1.54, 1.807) is 7.11 Å². The molecule has 1 saturated carbocycles. The molecule has 0 radical (unpaired) electrons. The SMILES string of the molecule is COCCN(CCC(O)c1ccccc1)C(C)C1CC1. The minimum atomic E-state index is -0.368. The summed E-state index contributed by atoms with van der Waals surface area (Å²) < 4.78 is 5.21. The molecule has 20 heavy (non-hydrogen) atoms. The van der Waals surface area contributed by atoms with Crippen molar-refractivity contribution in [1.82, 2.24) is 4.90 Å². The van der Waals surface area contributed by atoms with Gasteiger partial charge in [-0.3, -0.25) is 4.90 Å². The lowest BCUT2D eigenvalue weighted by atomic mass is 10.1. The molecule has 112 valence electrons. The van der Waals surface area contributed by atoms with Crippen molar-refractivity contribution >= 4 is 0 Å². The van der Waals surface area contributed by atoms with Crippen LogP contribution in [0.25, 0.3) is 0 Å². The quantitative estimate of drug-likeness (QED) is 0.753. The molecule has 0 amide bonds. The number of methoxy groups -OCH3 is 1. The molecule has 1 aliphatic rings. The minimum Gasteiger partial charge on any atom is -0.388 e. The summed E-state index contributed by atoms with van der Waals surface area (Å²) in [6, 6.07) is 10.5. The lowest BCUT2D eigenvalue weighted by Gasteiger charge is -2.29. The number of ether oxygens (including phenoxy) is 1. The van der Waals surface area contributed by atoms with Crippen LogP contribution in [0, 0.1) is 5.92 Å². The van der Waals surface area contributed by atoms with Crippen molar-refractivity contribution < 1.29 is 9.84 Å². The van der Waals surface area contributed by atoms with Gasteiger partial charge in [0.05, 0.1) is 12.7 Å². The van der Waals surface area contributed by atoms with E-state index in [0.29, 0.717) is 6.04 Å². The standard InChI is InChI=1S/C17H27NO2/c1-14(15-8-9-15)18(12-13-20-2)11-10-17(19)16-6-4-3-5-7-16/h3-7,14-15,17,19H,8-13H2,1-2H3. The molecular formula is C17H27NO2. The van der Waals surface area contributed by atoms with E-state index in [1.165, 1.54) is 12.8 Å². The number of benzene rings is 1. The highest BCUT2D eigenvalue weighted by atomic mass is 16.5. The maximum absolute atomic E-state index is 10.3. The highest BCUT2D eigenvalue weighted by Crippen LogP contribution is 2.35. The summed E-state index contributed by atoms with van der Waals surface area (Å²) in [4.78, 5) is 2.47. The summed E-state index contributed by atoms with van der Waals surface area (Å²) in [5.41, 5.74) is 1.01. The molecule has 2 atom stereocenters. The maximum Gasteiger partial charge on any atom is 0.0802 e. The van der Waals surface area contributed by atoms with Crippen LogP contribution >= 0.6 is 0 Å². The molecule has 2 rings (SSSR count). The van der Waals surface area contributed by atoms with Gasteiger partial charge >= 0.3 is 0 Å². The third kappa shape index (κ3) is 4.58. The second-order valence-electron chi connectivity index (χ2n) is 5.82. The van der Waals surface area contributed by atoms with E-state index in [4.69, 9.17) is 4.74 Å². The Hall–Kier alpha value is -0.900. The minimum absolute atomic E-state index is 0.368. The van der Waals surface area contributed by atoms with Crippen LogP contribution in [0.15, 0.2) is 30.3 Å². The molecule has 3 nitrogen and oxygen atoms in total. The fraction of sp³-hybridized carbons (Fsp3) is 0.647. The van der Waals surface area contributed by atoms with E-state index < -0.39 is 0 Å². The third-order valence-corrected chi connectivity index (χ3v) is 4.34. The van der Waals surface area contributed by atoms with Crippen molar-refractivity contribution in [2.24, 2.45) is 5.92 Å². The smallest absolute Gasteiger partial charge is 0.0802 e. The number of aliphatic hydroxyl groups is 1. The number of hydrogen-bond donors (Lipinski definition) is 1. The molecule has 1 aliphatic carbocycles. The summed E-state index contributed by atoms with van der Waals surface area (Å²) in [5, 5.41) is 10.3. The predicted molar refractivity (Wildman–Crippen MR) is 81.7 cm³/mol. The van der Waals surface area contributed by atoms with E-state index in [-0.39, 0.29) is 6.10 Å². The third-order valence-electron chi connectivity index (χ3n) is 4.34. The second-order valence-corrected chi connectivity index (χ2v) is 5.82. The zero-order chi connectivity index (χ0) is 14.4. The van der Waals surface area contributed by atoms with Crippen molar-refractivity contribution in [3.8, 4) is 0 Å². The lowest BCUT2D eigenvalue weighted by molar-refractivity contribution is 0.0917. The Labute approximate surface area is 122 Å². The Kier molecular flexibility index (Phi) is 6.02. The maximum atomic E-state index is 10.3. The van der Waals surface area contributed by atoms with Crippen molar-refractivity contribution in [3.05, 3.63) is 35.9 Å². The fourth-order valence-corrected chi connectivity index (χ4v) is 2.73. The van der Waals surface area contributed by atoms with Gasteiger partial charge in [-0.25, -0.2) is 0 Å². The molecule has 1 fully saturated rings. The van der Waals surface area contributed by atoms with Crippen LogP contribution in [-0.4, -0.2) is 42.9 Å². The molecule has 3 heteroatoms. The zero-order valence-electron chi connectivity index (χ0n) is 12.7.